The first-order valence-electron chi connectivity index (χ1n) is 38.9. The minimum atomic E-state index is -1.23. The Bertz CT molecular complexity index is 6180. The molecule has 0 radical (unpaired) electrons. The van der Waals surface area contributed by atoms with E-state index >= 15 is 0 Å². The number of hydrogen-bond acceptors (Lipinski definition) is 17. The number of benzene rings is 11. The van der Waals surface area contributed by atoms with E-state index in [1.807, 2.05) is 172 Å². The van der Waals surface area contributed by atoms with Gasteiger partial charge in [0.25, 0.3) is 11.8 Å². The van der Waals surface area contributed by atoms with Crippen molar-refractivity contribution in [3.05, 3.63) is 319 Å². The molecule has 11 aromatic rings. The quantitative estimate of drug-likeness (QED) is 0.0156. The summed E-state index contributed by atoms with van der Waals surface area (Å²) in [6, 6.07) is 58.3. The van der Waals surface area contributed by atoms with Crippen molar-refractivity contribution in [3.8, 4) is 23.0 Å². The molecule has 0 bridgehead atoms. The number of aldehydes is 1. The molecular formula is C97H83Cl3ILiN4O18. The molecule has 0 aromatic heterocycles. The Morgan fingerprint density at radius 2 is 0.790 bits per heavy atom. The zero-order valence-electron chi connectivity index (χ0n) is 68.6. The molecule has 0 unspecified atom stereocenters. The standard InChI is InChI=1S/C27H22ClNO4.C26H20ClNO4.C17H15NO4.C10H9ClO.C9H9NO.C8H7IO3.Li.H2O/c1-15-5-3-8-23-25(15)21(14-20-18(16-9-10-16)6-4-7-22(20)28)26(31)29(23)17-11-12-19(24(30)13-17)27(32)33-2;1-14-4-2-7-22-24(14)20(13-19-17(15-8-9-15)5-3-6-21(19)27)25(30)28(22)16-10-11-18(26(31)32)23(29)12-16;1-10-4-3-5-14-13(10)9-16(20)18(14)11-6-7-12(15(19)8-11)17(21)22-2;11-10-3-1-2-8(7-4-5-7)9(10)6-12;1-6-3-2-4-8-7(6)5-9(11)10-8;1-12-8(11)6-3-2-5(9)4-7(6)10;;/h3-8,11-14,16,30H,9-10H2,1-2H3;2-7,10-13,15,29H,8-9H2,1H3,(H,31,32);3-8,19H,9H2,1-2H3;1-3,6-7H,4-5H2;2-4H,5H2,1H3,(H,10,11);2-4,10H,1H3;;1H2/q;;;;;;+1;/p-1. The Labute approximate surface area is 755 Å². The van der Waals surface area contributed by atoms with Crippen LogP contribution in [0, 0.1) is 31.3 Å². The average molecular weight is 1830 g/mol. The molecule has 7 aliphatic rings. The molecule has 4 aliphatic heterocycles. The number of phenolic OH excluding ortho intramolecular Hbond substituents is 3. The number of carbonyl (C=O) groups excluding carboxylic acids is 8. The van der Waals surface area contributed by atoms with Crippen LogP contribution in [0.1, 0.15) is 180 Å². The minimum absolute atomic E-state index is 0. The number of ether oxygens (including phenoxy) is 3. The predicted molar refractivity (Wildman–Crippen MR) is 482 cm³/mol. The van der Waals surface area contributed by atoms with Crippen LogP contribution in [0.2, 0.25) is 15.1 Å². The molecule has 7 N–H and O–H groups in total. The number of aromatic hydroxyl groups is 4. The van der Waals surface area contributed by atoms with Crippen molar-refractivity contribution in [2.75, 3.05) is 41.3 Å². The van der Waals surface area contributed by atoms with Gasteiger partial charge in [-0.15, -0.1) is 0 Å². The number of rotatable bonds is 13. The second-order valence-corrected chi connectivity index (χ2v) is 32.3. The van der Waals surface area contributed by atoms with Gasteiger partial charge in [-0.05, 0) is 277 Å². The van der Waals surface area contributed by atoms with Crippen LogP contribution >= 0.6 is 57.4 Å². The van der Waals surface area contributed by atoms with Crippen LogP contribution in [0.4, 0.5) is 39.8 Å². The number of anilines is 7. The van der Waals surface area contributed by atoms with E-state index in [0.717, 1.165) is 119 Å². The van der Waals surface area contributed by atoms with Crippen LogP contribution < -0.4 is 38.9 Å². The van der Waals surface area contributed by atoms with Crippen molar-refractivity contribution < 1.29 is 107 Å². The van der Waals surface area contributed by atoms with E-state index in [0.29, 0.717) is 85.1 Å². The Kier molecular flexibility index (Phi) is 29.7. The zero-order valence-corrected chi connectivity index (χ0v) is 73.0. The van der Waals surface area contributed by atoms with Gasteiger partial charge in [0.1, 0.15) is 45.3 Å². The summed E-state index contributed by atoms with van der Waals surface area (Å²) in [7, 11) is 3.78. The number of amides is 4. The maximum Gasteiger partial charge on any atom is 1.00 e. The smallest absolute Gasteiger partial charge is 0.870 e. The number of nitrogens with zero attached hydrogens (tertiary/aromatic N) is 3. The molecule has 27 heteroatoms. The van der Waals surface area contributed by atoms with Crippen molar-refractivity contribution in [1.29, 1.82) is 0 Å². The zero-order chi connectivity index (χ0) is 87.2. The van der Waals surface area contributed by atoms with Crippen LogP contribution in [0.25, 0.3) is 23.3 Å². The van der Waals surface area contributed by atoms with Gasteiger partial charge in [-0.2, -0.15) is 0 Å². The van der Waals surface area contributed by atoms with Gasteiger partial charge < -0.3 is 50.5 Å². The van der Waals surface area contributed by atoms with Crippen molar-refractivity contribution in [3.63, 3.8) is 0 Å². The first kappa shape index (κ1) is 92.4. The second kappa shape index (κ2) is 39.9. The predicted octanol–water partition coefficient (Wildman–Crippen LogP) is 18.2. The molecule has 11 aromatic carbocycles. The van der Waals surface area contributed by atoms with E-state index in [9.17, 15) is 68.7 Å². The van der Waals surface area contributed by atoms with E-state index in [1.54, 1.807) is 34.1 Å². The number of halogens is 4. The number of aromatic carboxylic acids is 1. The van der Waals surface area contributed by atoms with E-state index < -0.39 is 29.6 Å². The van der Waals surface area contributed by atoms with Crippen molar-refractivity contribution >= 4 is 174 Å². The second-order valence-electron chi connectivity index (χ2n) is 29.9. The molecule has 18 rings (SSSR count). The maximum atomic E-state index is 13.8. The molecule has 4 amide bonds. The Hall–Kier alpha value is -12.3. The number of hydrogen-bond donors (Lipinski definition) is 6. The number of methoxy groups -OCH3 is 3. The van der Waals surface area contributed by atoms with E-state index in [4.69, 9.17) is 39.5 Å². The van der Waals surface area contributed by atoms with E-state index in [2.05, 4.69) is 26.9 Å². The number of nitrogens with one attached hydrogen (secondary N) is 1. The van der Waals surface area contributed by atoms with Gasteiger partial charge in [0, 0.05) is 54.2 Å². The molecule has 3 fully saturated rings. The summed E-state index contributed by atoms with van der Waals surface area (Å²) in [5.74, 6) is -2.81. The maximum absolute atomic E-state index is 13.8. The molecule has 124 heavy (non-hydrogen) atoms. The SMILES string of the molecule is COC(=O)c1ccc(I)cc1O.COC(=O)c1ccc(N2C(=O)C(=Cc3c(Cl)cccc3C3CC3)c3c(C)cccc32)cc1O.COC(=O)c1ccc(N2C(=O)Cc3c(C)cccc32)cc1O.Cc1cccc2c1C(=Cc1c(Cl)cccc1C1CC1)C(=O)N2c1ccc(C(=O)O)c(O)c1.Cc1cccc2c1CC(=O)N2.O=Cc1c(Cl)cccc1C1CC1.[Li+].[OH-]. The first-order valence-corrected chi connectivity index (χ1v) is 41.1. The van der Waals surface area contributed by atoms with Crippen molar-refractivity contribution in [2.24, 2.45) is 0 Å². The summed E-state index contributed by atoms with van der Waals surface area (Å²) in [5.41, 5.74) is 19.5. The number of aryl methyl sites for hydroxylation is 4. The summed E-state index contributed by atoms with van der Waals surface area (Å²) in [6.07, 6.45) is 12.4. The fourth-order valence-corrected chi connectivity index (χ4v) is 16.3. The molecule has 0 atom stereocenters. The monoisotopic (exact) mass is 1830 g/mol. The molecule has 22 nitrogen and oxygen atoms in total. The van der Waals surface area contributed by atoms with Crippen LogP contribution in [-0.2, 0) is 46.2 Å². The molecule has 0 saturated heterocycles. The van der Waals surface area contributed by atoms with E-state index in [1.165, 1.54) is 99.2 Å². The van der Waals surface area contributed by atoms with Gasteiger partial charge in [0.2, 0.25) is 11.8 Å². The van der Waals surface area contributed by atoms with Crippen LogP contribution in [0.15, 0.2) is 200 Å². The molecular weight excluding hydrogens is 1750 g/mol. The summed E-state index contributed by atoms with van der Waals surface area (Å²) in [6.45, 7) is 7.91. The van der Waals surface area contributed by atoms with Crippen LogP contribution in [-0.4, -0.2) is 106 Å². The van der Waals surface area contributed by atoms with Gasteiger partial charge in [-0.3, -0.25) is 38.7 Å². The largest absolute Gasteiger partial charge is 1.00 e. The number of fused-ring (bicyclic) bond motifs is 4. The van der Waals surface area contributed by atoms with Gasteiger partial charge in [-0.25, -0.2) is 19.2 Å². The molecule has 4 heterocycles. The topological polar surface area (TPSA) is 334 Å². The third kappa shape index (κ3) is 20.0. The number of phenols is 4. The summed E-state index contributed by atoms with van der Waals surface area (Å²) in [5, 5.41) is 53.7. The third-order valence-corrected chi connectivity index (χ3v) is 23.4. The molecule has 628 valence electrons. The van der Waals surface area contributed by atoms with Gasteiger partial charge in [-0.1, -0.05) is 120 Å². The minimum Gasteiger partial charge on any atom is -0.870 e. The third-order valence-electron chi connectivity index (χ3n) is 21.7. The molecule has 3 saturated carbocycles. The number of carboxylic acid groups (broad SMARTS) is 1. The van der Waals surface area contributed by atoms with Crippen molar-refractivity contribution in [1.82, 2.24) is 0 Å². The summed E-state index contributed by atoms with van der Waals surface area (Å²) in [4.78, 5) is 112. The normalized spacial score (nSPS) is 14.7. The molecule has 0 spiro atoms. The fraction of sp³-hybridized carbons (Fsp3) is 0.186. The Morgan fingerprint density at radius 1 is 0.435 bits per heavy atom. The Morgan fingerprint density at radius 3 is 1.18 bits per heavy atom. The number of carboxylic acids is 1. The fourth-order valence-electron chi connectivity index (χ4n) is 15.2. The van der Waals surface area contributed by atoms with Crippen LogP contribution in [0.3, 0.4) is 0 Å². The number of carbonyl (C=O) groups is 9. The average Bonchev–Trinajstić information content (AvgIpc) is 1.60. The van der Waals surface area contributed by atoms with Gasteiger partial charge in [0.05, 0.1) is 84.5 Å². The van der Waals surface area contributed by atoms with Gasteiger partial charge in [0.15, 0.2) is 6.29 Å². The first-order chi connectivity index (χ1) is 58.5. The Balaban J connectivity index is 0.000000152. The summed E-state index contributed by atoms with van der Waals surface area (Å²) < 4.78 is 14.6. The van der Waals surface area contributed by atoms with E-state index in [-0.39, 0.29) is 87.5 Å². The number of esters is 3. The van der Waals surface area contributed by atoms with Gasteiger partial charge >= 0.3 is 42.7 Å². The molecule has 3 aliphatic carbocycles. The summed E-state index contributed by atoms with van der Waals surface area (Å²) >= 11 is 21.1. The van der Waals surface area contributed by atoms with Crippen LogP contribution in [0.5, 0.6) is 23.0 Å². The van der Waals surface area contributed by atoms with Crippen molar-refractivity contribution in [2.45, 2.75) is 96.8 Å².